The number of hydrogen-bond donors (Lipinski definition) is 1. The first kappa shape index (κ1) is 27.7. The predicted octanol–water partition coefficient (Wildman–Crippen LogP) is 4.88. The van der Waals surface area contributed by atoms with Gasteiger partial charge in [-0.05, 0) is 36.6 Å². The zero-order valence-electron chi connectivity index (χ0n) is 18.3. The van der Waals surface area contributed by atoms with Crippen molar-refractivity contribution in [1.29, 1.82) is 0 Å². The number of nitrogens with zero attached hydrogens (tertiary/aromatic N) is 3. The highest BCUT2D eigenvalue weighted by molar-refractivity contribution is 8.13. The first-order chi connectivity index (χ1) is 15.0. The fourth-order valence-corrected chi connectivity index (χ4v) is 5.00. The number of fused-ring (bicyclic) bond motifs is 1. The molecule has 2 aromatic carbocycles. The van der Waals surface area contributed by atoms with Crippen LogP contribution in [0.3, 0.4) is 0 Å². The summed E-state index contributed by atoms with van der Waals surface area (Å²) in [6.07, 6.45) is 1.29. The van der Waals surface area contributed by atoms with Crippen LogP contribution < -0.4 is 4.74 Å². The summed E-state index contributed by atoms with van der Waals surface area (Å²) in [5.41, 5.74) is 2.34. The maximum Gasteiger partial charge on any atom is 0.164 e. The van der Waals surface area contributed by atoms with E-state index in [1.54, 1.807) is 11.8 Å². The van der Waals surface area contributed by atoms with Crippen molar-refractivity contribution in [2.75, 3.05) is 33.3 Å². The molecular weight excluding hydrogens is 491 g/mol. The molecule has 1 atom stereocenters. The van der Waals surface area contributed by atoms with Crippen LogP contribution in [0.1, 0.15) is 18.4 Å². The zero-order chi connectivity index (χ0) is 21.8. The molecule has 0 spiro atoms. The molecule has 0 radical (unpaired) electrons. The average molecular weight is 520 g/mol. The Kier molecular flexibility index (Phi) is 10.7. The number of aliphatic imine (C=N–C) groups is 1. The number of aliphatic hydroxyl groups excluding tert-OH is 1. The Morgan fingerprint density at radius 2 is 1.88 bits per heavy atom. The van der Waals surface area contributed by atoms with E-state index in [-0.39, 0.29) is 37.2 Å². The third kappa shape index (κ3) is 7.20. The molecule has 0 bridgehead atoms. The lowest BCUT2D eigenvalue weighted by atomic mass is 10.0. The van der Waals surface area contributed by atoms with Crippen LogP contribution in [0.4, 0.5) is 14.5 Å². The lowest BCUT2D eigenvalue weighted by molar-refractivity contribution is 0.0536. The largest absolute Gasteiger partial charge is 0.491 e. The predicted molar refractivity (Wildman–Crippen MR) is 134 cm³/mol. The summed E-state index contributed by atoms with van der Waals surface area (Å²) in [6.45, 7) is 2.29. The third-order valence-corrected chi connectivity index (χ3v) is 6.87. The molecular formula is C23H29Cl2F2N3O2S. The van der Waals surface area contributed by atoms with Gasteiger partial charge in [0.15, 0.2) is 16.8 Å². The highest BCUT2D eigenvalue weighted by Gasteiger charge is 2.27. The van der Waals surface area contributed by atoms with E-state index in [4.69, 9.17) is 9.73 Å². The number of amidine groups is 1. The number of para-hydroxylation sites is 1. The fourth-order valence-electron chi connectivity index (χ4n) is 3.96. The average Bonchev–Trinajstić information content (AvgIpc) is 2.79. The Hall–Kier alpha value is -1.58. The summed E-state index contributed by atoms with van der Waals surface area (Å²) in [4.78, 5) is 9.35. The summed E-state index contributed by atoms with van der Waals surface area (Å²) >= 11 is 1.78. The summed E-state index contributed by atoms with van der Waals surface area (Å²) in [6, 6.07) is 12.1. The van der Waals surface area contributed by atoms with Gasteiger partial charge in [0.2, 0.25) is 0 Å². The summed E-state index contributed by atoms with van der Waals surface area (Å²) in [7, 11) is 2.12. The molecule has 5 nitrogen and oxygen atoms in total. The topological polar surface area (TPSA) is 48.3 Å². The van der Waals surface area contributed by atoms with Crippen molar-refractivity contribution in [2.24, 2.45) is 4.99 Å². The molecule has 2 aromatic rings. The first-order valence-electron chi connectivity index (χ1n) is 10.5. The Balaban J connectivity index is 0.00000193. The fraction of sp³-hybridized carbons (Fsp3) is 0.435. The van der Waals surface area contributed by atoms with E-state index < -0.39 is 17.7 Å². The standard InChI is InChI=1S/C23H27F2N3O2S.2ClH/c1-27(23-26-22-5-3-2-4-16(22)15-31-23)17-8-10-28(11-9-17)13-18(29)14-30-19-6-7-20(24)21(25)12-19;;/h2-7,12,17-18,29H,8-11,13-15H2,1H3;2*1H/t18-;;/m0../s1. The van der Waals surface area contributed by atoms with Gasteiger partial charge in [-0.2, -0.15) is 0 Å². The molecule has 1 fully saturated rings. The Morgan fingerprint density at radius 1 is 1.15 bits per heavy atom. The van der Waals surface area contributed by atoms with E-state index in [2.05, 4.69) is 35.0 Å². The van der Waals surface area contributed by atoms with Crippen LogP contribution in [0.15, 0.2) is 47.5 Å². The van der Waals surface area contributed by atoms with Gasteiger partial charge in [0.1, 0.15) is 18.5 Å². The second kappa shape index (κ2) is 12.8. The SMILES string of the molecule is CN(C1=Nc2ccccc2CS1)C1CCN(C[C@H](O)COc2ccc(F)c(F)c2)CC1.Cl.Cl. The van der Waals surface area contributed by atoms with Crippen LogP contribution in [0.2, 0.25) is 0 Å². The van der Waals surface area contributed by atoms with Crippen molar-refractivity contribution in [1.82, 2.24) is 9.80 Å². The van der Waals surface area contributed by atoms with E-state index in [0.717, 1.165) is 54.7 Å². The molecule has 0 amide bonds. The van der Waals surface area contributed by atoms with Crippen LogP contribution in [0, 0.1) is 11.6 Å². The van der Waals surface area contributed by atoms with Crippen molar-refractivity contribution in [3.05, 3.63) is 59.7 Å². The van der Waals surface area contributed by atoms with Gasteiger partial charge in [0.25, 0.3) is 0 Å². The number of ether oxygens (including phenoxy) is 1. The molecule has 0 aromatic heterocycles. The molecule has 2 heterocycles. The molecule has 182 valence electrons. The maximum absolute atomic E-state index is 13.2. The normalized spacial score (nSPS) is 17.2. The summed E-state index contributed by atoms with van der Waals surface area (Å²) < 4.78 is 31.6. The number of thioether (sulfide) groups is 1. The van der Waals surface area contributed by atoms with Crippen molar-refractivity contribution in [2.45, 2.75) is 30.7 Å². The van der Waals surface area contributed by atoms with E-state index in [1.807, 2.05) is 6.07 Å². The maximum atomic E-state index is 13.2. The molecule has 10 heteroatoms. The zero-order valence-corrected chi connectivity index (χ0v) is 20.8. The molecule has 33 heavy (non-hydrogen) atoms. The number of piperidine rings is 1. The summed E-state index contributed by atoms with van der Waals surface area (Å²) in [5, 5.41) is 11.4. The van der Waals surface area contributed by atoms with Crippen LogP contribution in [-0.4, -0.2) is 65.5 Å². The monoisotopic (exact) mass is 519 g/mol. The lowest BCUT2D eigenvalue weighted by Crippen LogP contribution is -2.47. The van der Waals surface area contributed by atoms with Crippen molar-refractivity contribution in [3.63, 3.8) is 0 Å². The van der Waals surface area contributed by atoms with Crippen LogP contribution >= 0.6 is 36.6 Å². The van der Waals surface area contributed by atoms with E-state index >= 15 is 0 Å². The smallest absolute Gasteiger partial charge is 0.164 e. The number of hydrogen-bond acceptors (Lipinski definition) is 6. The minimum atomic E-state index is -0.956. The van der Waals surface area contributed by atoms with Gasteiger partial charge in [-0.1, -0.05) is 30.0 Å². The van der Waals surface area contributed by atoms with E-state index in [0.29, 0.717) is 12.6 Å². The molecule has 0 saturated carbocycles. The molecule has 2 aliphatic rings. The minimum absolute atomic E-state index is 0. The molecule has 4 rings (SSSR count). The minimum Gasteiger partial charge on any atom is -0.491 e. The number of aliphatic hydroxyl groups is 1. The van der Waals surface area contributed by atoms with Crippen LogP contribution in [-0.2, 0) is 5.75 Å². The van der Waals surface area contributed by atoms with Crippen molar-refractivity contribution in [3.8, 4) is 5.75 Å². The van der Waals surface area contributed by atoms with Gasteiger partial charge < -0.3 is 19.6 Å². The third-order valence-electron chi connectivity index (χ3n) is 5.77. The van der Waals surface area contributed by atoms with Crippen molar-refractivity contribution < 1.29 is 18.6 Å². The van der Waals surface area contributed by atoms with E-state index in [9.17, 15) is 13.9 Å². The molecule has 0 unspecified atom stereocenters. The highest BCUT2D eigenvalue weighted by Crippen LogP contribution is 2.32. The van der Waals surface area contributed by atoms with Gasteiger partial charge in [-0.25, -0.2) is 13.8 Å². The number of β-amino-alcohol motifs (C(OH)–C–C–N with tert-alkyl or cyclic N) is 1. The lowest BCUT2D eigenvalue weighted by Gasteiger charge is -2.39. The Labute approximate surface area is 210 Å². The first-order valence-corrected chi connectivity index (χ1v) is 11.5. The highest BCUT2D eigenvalue weighted by atomic mass is 35.5. The van der Waals surface area contributed by atoms with Gasteiger partial charge >= 0.3 is 0 Å². The molecule has 0 aliphatic carbocycles. The quantitative estimate of drug-likeness (QED) is 0.589. The molecule has 1 saturated heterocycles. The second-order valence-corrected chi connectivity index (χ2v) is 8.94. The van der Waals surface area contributed by atoms with Crippen LogP contribution in [0.5, 0.6) is 5.75 Å². The van der Waals surface area contributed by atoms with E-state index in [1.165, 1.54) is 11.6 Å². The number of likely N-dealkylation sites (tertiary alicyclic amines) is 1. The number of benzene rings is 2. The molecule has 1 N–H and O–H groups in total. The van der Waals surface area contributed by atoms with Gasteiger partial charge in [-0.15, -0.1) is 24.8 Å². The Bertz CT molecular complexity index is 946. The summed E-state index contributed by atoms with van der Waals surface area (Å²) in [5.74, 6) is -0.710. The van der Waals surface area contributed by atoms with Gasteiger partial charge in [-0.3, -0.25) is 0 Å². The van der Waals surface area contributed by atoms with Crippen molar-refractivity contribution >= 4 is 47.4 Å². The number of rotatable bonds is 6. The van der Waals surface area contributed by atoms with Gasteiger partial charge in [0, 0.05) is 44.5 Å². The molecule has 2 aliphatic heterocycles. The number of halogens is 4. The van der Waals surface area contributed by atoms with Gasteiger partial charge in [0.05, 0.1) is 5.69 Å². The van der Waals surface area contributed by atoms with Crippen LogP contribution in [0.25, 0.3) is 0 Å². The second-order valence-electron chi connectivity index (χ2n) is 8.00. The Morgan fingerprint density at radius 3 is 2.61 bits per heavy atom.